The summed E-state index contributed by atoms with van der Waals surface area (Å²) in [5.41, 5.74) is 6.83. The number of carbonyl (C=O) groups is 1. The number of benzene rings is 1. The Morgan fingerprint density at radius 1 is 1.44 bits per heavy atom. The monoisotopic (exact) mass is 314 g/mol. The van der Waals surface area contributed by atoms with Crippen molar-refractivity contribution < 1.29 is 14.3 Å². The van der Waals surface area contributed by atoms with E-state index in [4.69, 9.17) is 15.2 Å². The maximum Gasteiger partial charge on any atom is 0.257 e. The molecule has 2 N–H and O–H groups in total. The Bertz CT molecular complexity index is 459. The molecule has 0 aliphatic carbocycles. The van der Waals surface area contributed by atoms with Crippen molar-refractivity contribution in [3.05, 3.63) is 22.2 Å². The molecule has 0 atom stereocenters. The second kappa shape index (κ2) is 5.58. The van der Waals surface area contributed by atoms with Gasteiger partial charge in [0.25, 0.3) is 5.91 Å². The topological polar surface area (TPSA) is 64.8 Å². The van der Waals surface area contributed by atoms with E-state index in [9.17, 15) is 4.79 Å². The van der Waals surface area contributed by atoms with Crippen molar-refractivity contribution in [3.8, 4) is 5.75 Å². The Morgan fingerprint density at radius 3 is 2.72 bits per heavy atom. The summed E-state index contributed by atoms with van der Waals surface area (Å²) in [6.45, 7) is 2.35. The van der Waals surface area contributed by atoms with Crippen LogP contribution in [0, 0.1) is 0 Å². The van der Waals surface area contributed by atoms with Crippen LogP contribution < -0.4 is 10.5 Å². The third-order valence-corrected chi connectivity index (χ3v) is 3.53. The number of nitrogen functional groups attached to an aromatic ring is 1. The highest BCUT2D eigenvalue weighted by atomic mass is 79.9. The molecule has 6 heteroatoms. The van der Waals surface area contributed by atoms with Gasteiger partial charge < -0.3 is 20.1 Å². The predicted octanol–water partition coefficient (Wildman–Crippen LogP) is 1.51. The smallest absolute Gasteiger partial charge is 0.257 e. The SMILES string of the molecule is COc1cc(N)c(Br)cc1C(=O)N1CCOCC1. The van der Waals surface area contributed by atoms with Gasteiger partial charge in [-0.15, -0.1) is 0 Å². The van der Waals surface area contributed by atoms with Crippen LogP contribution in [-0.2, 0) is 4.74 Å². The van der Waals surface area contributed by atoms with E-state index in [1.807, 2.05) is 0 Å². The first-order valence-corrected chi connectivity index (χ1v) is 6.43. The summed E-state index contributed by atoms with van der Waals surface area (Å²) in [6, 6.07) is 3.35. The van der Waals surface area contributed by atoms with Crippen LogP contribution in [0.2, 0.25) is 0 Å². The van der Waals surface area contributed by atoms with E-state index >= 15 is 0 Å². The molecule has 5 nitrogen and oxygen atoms in total. The number of nitrogens with two attached hydrogens (primary N) is 1. The van der Waals surface area contributed by atoms with Gasteiger partial charge in [0.05, 0.1) is 25.9 Å². The van der Waals surface area contributed by atoms with Crippen LogP contribution >= 0.6 is 15.9 Å². The van der Waals surface area contributed by atoms with Crippen LogP contribution in [0.4, 0.5) is 5.69 Å². The van der Waals surface area contributed by atoms with Gasteiger partial charge in [0.15, 0.2) is 0 Å². The van der Waals surface area contributed by atoms with Crippen molar-refractivity contribution in [3.63, 3.8) is 0 Å². The van der Waals surface area contributed by atoms with Gasteiger partial charge in [-0.1, -0.05) is 0 Å². The fraction of sp³-hybridized carbons (Fsp3) is 0.417. The number of nitrogens with zero attached hydrogens (tertiary/aromatic N) is 1. The maximum absolute atomic E-state index is 12.4. The number of hydrogen-bond acceptors (Lipinski definition) is 4. The highest BCUT2D eigenvalue weighted by molar-refractivity contribution is 9.10. The molecule has 1 aliphatic heterocycles. The Kier molecular flexibility index (Phi) is 4.08. The second-order valence-corrected chi connectivity index (χ2v) is 4.83. The number of anilines is 1. The van der Waals surface area contributed by atoms with Gasteiger partial charge in [0.2, 0.25) is 0 Å². The molecule has 18 heavy (non-hydrogen) atoms. The summed E-state index contributed by atoms with van der Waals surface area (Å²) in [7, 11) is 1.53. The molecule has 1 fully saturated rings. The standard InChI is InChI=1S/C12H15BrN2O3/c1-17-11-7-10(14)9(13)6-8(11)12(16)15-2-4-18-5-3-15/h6-7H,2-5,14H2,1H3. The average Bonchev–Trinajstić information content (AvgIpc) is 2.41. The molecule has 1 amide bonds. The lowest BCUT2D eigenvalue weighted by atomic mass is 10.1. The van der Waals surface area contributed by atoms with Crippen LogP contribution in [0.1, 0.15) is 10.4 Å². The highest BCUT2D eigenvalue weighted by Crippen LogP contribution is 2.30. The van der Waals surface area contributed by atoms with Gasteiger partial charge in [-0.25, -0.2) is 0 Å². The van der Waals surface area contributed by atoms with Gasteiger partial charge in [-0.3, -0.25) is 4.79 Å². The van der Waals surface area contributed by atoms with Crippen LogP contribution in [-0.4, -0.2) is 44.2 Å². The van der Waals surface area contributed by atoms with Crippen molar-refractivity contribution >= 4 is 27.5 Å². The number of rotatable bonds is 2. The normalized spacial score (nSPS) is 15.6. The number of methoxy groups -OCH3 is 1. The average molecular weight is 315 g/mol. The number of carbonyl (C=O) groups excluding carboxylic acids is 1. The minimum atomic E-state index is -0.0594. The second-order valence-electron chi connectivity index (χ2n) is 3.98. The van der Waals surface area contributed by atoms with Crippen LogP contribution in [0.15, 0.2) is 16.6 Å². The van der Waals surface area contributed by atoms with Gasteiger partial charge in [0, 0.05) is 29.3 Å². The van der Waals surface area contributed by atoms with Crippen molar-refractivity contribution in [2.75, 3.05) is 39.1 Å². The zero-order chi connectivity index (χ0) is 13.1. The first-order valence-electron chi connectivity index (χ1n) is 5.63. The molecule has 1 saturated heterocycles. The first-order chi connectivity index (χ1) is 8.63. The van der Waals surface area contributed by atoms with E-state index in [1.54, 1.807) is 17.0 Å². The summed E-state index contributed by atoms with van der Waals surface area (Å²) >= 11 is 3.33. The Morgan fingerprint density at radius 2 is 2.11 bits per heavy atom. The number of halogens is 1. The lowest BCUT2D eigenvalue weighted by Crippen LogP contribution is -2.40. The number of ether oxygens (including phenoxy) is 2. The summed E-state index contributed by atoms with van der Waals surface area (Å²) in [5.74, 6) is 0.433. The summed E-state index contributed by atoms with van der Waals surface area (Å²) in [4.78, 5) is 14.1. The molecule has 98 valence electrons. The minimum absolute atomic E-state index is 0.0594. The molecular formula is C12H15BrN2O3. The van der Waals surface area contributed by atoms with E-state index in [-0.39, 0.29) is 5.91 Å². The van der Waals surface area contributed by atoms with Crippen LogP contribution in [0.5, 0.6) is 5.75 Å². The quantitative estimate of drug-likeness (QED) is 0.840. The largest absolute Gasteiger partial charge is 0.496 e. The molecule has 0 radical (unpaired) electrons. The third kappa shape index (κ3) is 2.59. The van der Waals surface area contributed by atoms with Crippen molar-refractivity contribution in [2.24, 2.45) is 0 Å². The molecule has 0 spiro atoms. The molecule has 2 rings (SSSR count). The highest BCUT2D eigenvalue weighted by Gasteiger charge is 2.22. The Balaban J connectivity index is 2.31. The zero-order valence-electron chi connectivity index (χ0n) is 10.1. The summed E-state index contributed by atoms with van der Waals surface area (Å²) < 4.78 is 11.1. The van der Waals surface area contributed by atoms with Crippen LogP contribution in [0.3, 0.4) is 0 Å². The number of hydrogen-bond donors (Lipinski definition) is 1. The molecule has 0 aromatic heterocycles. The van der Waals surface area contributed by atoms with E-state index in [0.717, 1.165) is 0 Å². The first kappa shape index (κ1) is 13.2. The summed E-state index contributed by atoms with van der Waals surface area (Å²) in [6.07, 6.45) is 0. The van der Waals surface area contributed by atoms with Gasteiger partial charge in [-0.05, 0) is 22.0 Å². The molecular weight excluding hydrogens is 300 g/mol. The molecule has 1 aliphatic rings. The van der Waals surface area contributed by atoms with Crippen molar-refractivity contribution in [1.29, 1.82) is 0 Å². The Hall–Kier alpha value is -1.27. The fourth-order valence-electron chi connectivity index (χ4n) is 1.84. The molecule has 1 aromatic rings. The van der Waals surface area contributed by atoms with Gasteiger partial charge in [0.1, 0.15) is 5.75 Å². The summed E-state index contributed by atoms with van der Waals surface area (Å²) in [5, 5.41) is 0. The van der Waals surface area contributed by atoms with Crippen LogP contribution in [0.25, 0.3) is 0 Å². The minimum Gasteiger partial charge on any atom is -0.496 e. The Labute approximate surface area is 114 Å². The molecule has 1 heterocycles. The molecule has 1 aromatic carbocycles. The number of amides is 1. The zero-order valence-corrected chi connectivity index (χ0v) is 11.7. The van der Waals surface area contributed by atoms with Crippen molar-refractivity contribution in [1.82, 2.24) is 4.90 Å². The predicted molar refractivity (Wildman–Crippen MR) is 71.8 cm³/mol. The van der Waals surface area contributed by atoms with E-state index < -0.39 is 0 Å². The van der Waals surface area contributed by atoms with Crippen molar-refractivity contribution in [2.45, 2.75) is 0 Å². The van der Waals surface area contributed by atoms with Gasteiger partial charge in [-0.2, -0.15) is 0 Å². The van der Waals surface area contributed by atoms with E-state index in [1.165, 1.54) is 7.11 Å². The van der Waals surface area contributed by atoms with E-state index in [0.29, 0.717) is 47.8 Å². The molecule has 0 bridgehead atoms. The van der Waals surface area contributed by atoms with Gasteiger partial charge >= 0.3 is 0 Å². The third-order valence-electron chi connectivity index (χ3n) is 2.85. The maximum atomic E-state index is 12.4. The molecule has 0 saturated carbocycles. The lowest BCUT2D eigenvalue weighted by Gasteiger charge is -2.27. The van der Waals surface area contributed by atoms with E-state index in [2.05, 4.69) is 15.9 Å². The fourth-order valence-corrected chi connectivity index (χ4v) is 2.19. The lowest BCUT2D eigenvalue weighted by molar-refractivity contribution is 0.0301. The number of morpholine rings is 1. The molecule has 0 unspecified atom stereocenters.